The van der Waals surface area contributed by atoms with E-state index >= 15 is 0 Å². The third-order valence-electron chi connectivity index (χ3n) is 4.61. The molecule has 124 valence electrons. The molecule has 1 aliphatic rings. The molecule has 0 spiro atoms. The second-order valence-electron chi connectivity index (χ2n) is 6.96. The van der Waals surface area contributed by atoms with E-state index in [1.54, 1.807) is 0 Å². The summed E-state index contributed by atoms with van der Waals surface area (Å²) in [5.74, 6) is 0.110. The van der Waals surface area contributed by atoms with Crippen molar-refractivity contribution < 1.29 is 9.59 Å². The van der Waals surface area contributed by atoms with Crippen molar-refractivity contribution in [1.82, 2.24) is 0 Å². The number of hydrogen-bond donors (Lipinski definition) is 0. The summed E-state index contributed by atoms with van der Waals surface area (Å²) in [6.45, 7) is 8.37. The summed E-state index contributed by atoms with van der Waals surface area (Å²) in [6, 6.07) is 13.4. The van der Waals surface area contributed by atoms with Gasteiger partial charge in [-0.1, -0.05) is 64.1 Å². The first-order chi connectivity index (χ1) is 11.4. The van der Waals surface area contributed by atoms with Gasteiger partial charge in [-0.3, -0.25) is 9.59 Å². The number of rotatable bonds is 3. The van der Waals surface area contributed by atoms with E-state index in [9.17, 15) is 9.59 Å². The number of carbonyl (C=O) groups is 2. The zero-order chi connectivity index (χ0) is 17.4. The molecule has 24 heavy (non-hydrogen) atoms. The maximum absolute atomic E-state index is 13.1. The molecule has 1 aliphatic heterocycles. The van der Waals surface area contributed by atoms with E-state index in [0.717, 1.165) is 22.4 Å². The predicted molar refractivity (Wildman–Crippen MR) is 96.6 cm³/mol. The van der Waals surface area contributed by atoms with Gasteiger partial charge in [-0.05, 0) is 34.6 Å². The van der Waals surface area contributed by atoms with Gasteiger partial charge in [0.1, 0.15) is 0 Å². The molecule has 3 rings (SSSR count). The lowest BCUT2D eigenvalue weighted by molar-refractivity contribution is -0.117. The highest BCUT2D eigenvalue weighted by molar-refractivity contribution is 6.25. The van der Waals surface area contributed by atoms with Crippen LogP contribution in [-0.4, -0.2) is 11.8 Å². The third kappa shape index (κ3) is 2.64. The van der Waals surface area contributed by atoms with Crippen molar-refractivity contribution in [3.05, 3.63) is 64.7 Å². The van der Waals surface area contributed by atoms with E-state index in [1.165, 1.54) is 4.90 Å². The van der Waals surface area contributed by atoms with Crippen LogP contribution in [0, 0.1) is 0 Å². The monoisotopic (exact) mass is 321 g/mol. The number of carbonyl (C=O) groups excluding carboxylic acids is 2. The molecule has 0 N–H and O–H groups in total. The van der Waals surface area contributed by atoms with Crippen molar-refractivity contribution in [1.29, 1.82) is 0 Å². The first kappa shape index (κ1) is 16.4. The molecule has 1 heterocycles. The maximum atomic E-state index is 13.1. The Hall–Kier alpha value is -2.42. The summed E-state index contributed by atoms with van der Waals surface area (Å²) < 4.78 is 0. The highest BCUT2D eigenvalue weighted by Gasteiger charge is 2.35. The predicted octanol–water partition coefficient (Wildman–Crippen LogP) is 4.66. The number of hydrogen-bond acceptors (Lipinski definition) is 2. The first-order valence-corrected chi connectivity index (χ1v) is 8.49. The zero-order valence-electron chi connectivity index (χ0n) is 14.7. The van der Waals surface area contributed by atoms with Gasteiger partial charge in [0.25, 0.3) is 5.91 Å². The van der Waals surface area contributed by atoms with Crippen LogP contribution in [0.3, 0.4) is 0 Å². The van der Waals surface area contributed by atoms with E-state index in [1.807, 2.05) is 42.5 Å². The van der Waals surface area contributed by atoms with Gasteiger partial charge in [0.2, 0.25) is 5.91 Å². The summed E-state index contributed by atoms with van der Waals surface area (Å²) in [7, 11) is 0. The Kier molecular flexibility index (Phi) is 4.27. The second-order valence-corrected chi connectivity index (χ2v) is 6.96. The van der Waals surface area contributed by atoms with Gasteiger partial charge >= 0.3 is 0 Å². The summed E-state index contributed by atoms with van der Waals surface area (Å²) in [5, 5.41) is 0. The van der Waals surface area contributed by atoms with E-state index in [0.29, 0.717) is 5.56 Å². The van der Waals surface area contributed by atoms with E-state index in [4.69, 9.17) is 0 Å². The molecule has 2 amide bonds. The van der Waals surface area contributed by atoms with Crippen LogP contribution in [0.1, 0.15) is 66.6 Å². The van der Waals surface area contributed by atoms with Crippen LogP contribution in [0.5, 0.6) is 0 Å². The lowest BCUT2D eigenvalue weighted by atomic mass is 9.89. The minimum absolute atomic E-state index is 0.145. The Balaban J connectivity index is 2.22. The number of imide groups is 1. The number of nitrogens with zero attached hydrogens (tertiary/aromatic N) is 1. The lowest BCUT2D eigenvalue weighted by Gasteiger charge is -2.32. The van der Waals surface area contributed by atoms with Crippen LogP contribution in [0.2, 0.25) is 0 Å². The summed E-state index contributed by atoms with van der Waals surface area (Å²) in [5.41, 5.74) is 4.32. The Morgan fingerprint density at radius 3 is 2.00 bits per heavy atom. The standard InChI is InChI=1S/C21H23NO2/c1-13(2)16-10-7-11-17(14(3)4)20(16)22-19(23)12-15-8-5-6-9-18(15)21(22)24/h5-11,13-14H,12H2,1-4H3. The minimum Gasteiger partial charge on any atom is -0.274 e. The molecule has 0 atom stereocenters. The fourth-order valence-corrected chi connectivity index (χ4v) is 3.35. The highest BCUT2D eigenvalue weighted by atomic mass is 16.2. The van der Waals surface area contributed by atoms with Gasteiger partial charge in [-0.2, -0.15) is 0 Å². The number of anilines is 1. The molecule has 0 saturated heterocycles. The average molecular weight is 321 g/mol. The van der Waals surface area contributed by atoms with Crippen LogP contribution in [0.15, 0.2) is 42.5 Å². The molecule has 3 heteroatoms. The van der Waals surface area contributed by atoms with E-state index in [-0.39, 0.29) is 30.1 Å². The molecule has 0 bridgehead atoms. The SMILES string of the molecule is CC(C)c1cccc(C(C)C)c1N1C(=O)Cc2ccccc2C1=O. The topological polar surface area (TPSA) is 37.4 Å². The van der Waals surface area contributed by atoms with E-state index < -0.39 is 0 Å². The maximum Gasteiger partial charge on any atom is 0.265 e. The highest BCUT2D eigenvalue weighted by Crippen LogP contribution is 2.38. The molecule has 3 nitrogen and oxygen atoms in total. The number of fused-ring (bicyclic) bond motifs is 1. The molecule has 0 fully saturated rings. The lowest BCUT2D eigenvalue weighted by Crippen LogP contribution is -2.43. The van der Waals surface area contributed by atoms with Gasteiger partial charge in [0, 0.05) is 5.56 Å². The minimum atomic E-state index is -0.211. The molecule has 0 radical (unpaired) electrons. The van der Waals surface area contributed by atoms with Crippen molar-refractivity contribution in [2.45, 2.75) is 46.0 Å². The smallest absolute Gasteiger partial charge is 0.265 e. The van der Waals surface area contributed by atoms with Gasteiger partial charge in [0.05, 0.1) is 12.1 Å². The van der Waals surface area contributed by atoms with Gasteiger partial charge in [0.15, 0.2) is 0 Å². The van der Waals surface area contributed by atoms with Crippen LogP contribution < -0.4 is 4.90 Å². The summed E-state index contributed by atoms with van der Waals surface area (Å²) in [4.78, 5) is 27.3. The zero-order valence-corrected chi connectivity index (χ0v) is 14.7. The Morgan fingerprint density at radius 1 is 0.833 bits per heavy atom. The Labute approximate surface area is 143 Å². The fourth-order valence-electron chi connectivity index (χ4n) is 3.35. The first-order valence-electron chi connectivity index (χ1n) is 8.49. The fraction of sp³-hybridized carbons (Fsp3) is 0.333. The second kappa shape index (κ2) is 6.23. The van der Waals surface area contributed by atoms with Crippen molar-refractivity contribution >= 4 is 17.5 Å². The van der Waals surface area contributed by atoms with E-state index in [2.05, 4.69) is 27.7 Å². The van der Waals surface area contributed by atoms with Crippen molar-refractivity contribution in [2.24, 2.45) is 0 Å². The average Bonchev–Trinajstić information content (AvgIpc) is 2.54. The largest absolute Gasteiger partial charge is 0.274 e. The molecule has 0 aliphatic carbocycles. The Morgan fingerprint density at radius 2 is 1.42 bits per heavy atom. The van der Waals surface area contributed by atoms with Crippen LogP contribution >= 0.6 is 0 Å². The van der Waals surface area contributed by atoms with Gasteiger partial charge < -0.3 is 0 Å². The molecule has 2 aromatic rings. The number of amides is 2. The number of benzene rings is 2. The van der Waals surface area contributed by atoms with Gasteiger partial charge in [-0.25, -0.2) is 4.90 Å². The number of para-hydroxylation sites is 1. The third-order valence-corrected chi connectivity index (χ3v) is 4.61. The van der Waals surface area contributed by atoms with Crippen molar-refractivity contribution in [2.75, 3.05) is 4.90 Å². The molecule has 0 saturated carbocycles. The Bertz CT molecular complexity index is 779. The molecule has 0 unspecified atom stereocenters. The quantitative estimate of drug-likeness (QED) is 0.771. The van der Waals surface area contributed by atoms with Crippen molar-refractivity contribution in [3.8, 4) is 0 Å². The van der Waals surface area contributed by atoms with Crippen LogP contribution in [0.4, 0.5) is 5.69 Å². The van der Waals surface area contributed by atoms with Gasteiger partial charge in [-0.15, -0.1) is 0 Å². The molecular weight excluding hydrogens is 298 g/mol. The summed E-state index contributed by atoms with van der Waals surface area (Å²) >= 11 is 0. The van der Waals surface area contributed by atoms with Crippen molar-refractivity contribution in [3.63, 3.8) is 0 Å². The molecule has 2 aromatic carbocycles. The normalized spacial score (nSPS) is 14.5. The molecular formula is C21H23NO2. The summed E-state index contributed by atoms with van der Waals surface area (Å²) in [6.07, 6.45) is 0.270. The van der Waals surface area contributed by atoms with Crippen LogP contribution in [0.25, 0.3) is 0 Å². The molecule has 0 aromatic heterocycles. The van der Waals surface area contributed by atoms with Crippen LogP contribution in [-0.2, 0) is 11.2 Å².